The van der Waals surface area contributed by atoms with Crippen molar-refractivity contribution >= 4 is 33.0 Å². The van der Waals surface area contributed by atoms with Crippen molar-refractivity contribution in [3.05, 3.63) is 45.8 Å². The Morgan fingerprint density at radius 3 is 2.62 bits per heavy atom. The first-order valence-corrected chi connectivity index (χ1v) is 9.32. The molecule has 1 aliphatic heterocycles. The number of carbonyl (C=O) groups is 1. The van der Waals surface area contributed by atoms with Crippen LogP contribution in [0.1, 0.15) is 27.2 Å². The molecule has 1 aromatic carbocycles. The molecule has 128 valence electrons. The second-order valence-electron chi connectivity index (χ2n) is 5.45. The fourth-order valence-electron chi connectivity index (χ4n) is 2.73. The fourth-order valence-corrected chi connectivity index (χ4v) is 5.75. The van der Waals surface area contributed by atoms with Crippen molar-refractivity contribution in [2.75, 3.05) is 10.8 Å². The second-order valence-corrected chi connectivity index (χ2v) is 8.59. The number of carboxylic acid groups (broad SMARTS) is 1. The molecule has 9 heteroatoms. The van der Waals surface area contributed by atoms with Crippen molar-refractivity contribution in [1.29, 1.82) is 0 Å². The molecule has 0 atom stereocenters. The molecule has 0 saturated heterocycles. The Labute approximate surface area is 141 Å². The highest BCUT2D eigenvalue weighted by atomic mass is 32.2. The summed E-state index contributed by atoms with van der Waals surface area (Å²) in [5.41, 5.74) is 0.452. The molecule has 24 heavy (non-hydrogen) atoms. The van der Waals surface area contributed by atoms with Gasteiger partial charge in [0.2, 0.25) is 0 Å². The number of carboxylic acids is 1. The first-order chi connectivity index (χ1) is 11.2. The van der Waals surface area contributed by atoms with Gasteiger partial charge in [0, 0.05) is 18.2 Å². The Morgan fingerprint density at radius 1 is 1.29 bits per heavy atom. The van der Waals surface area contributed by atoms with Crippen LogP contribution in [0.2, 0.25) is 0 Å². The number of anilines is 1. The summed E-state index contributed by atoms with van der Waals surface area (Å²) < 4.78 is 54.0. The van der Waals surface area contributed by atoms with Crippen LogP contribution in [0.25, 0.3) is 0 Å². The van der Waals surface area contributed by atoms with E-state index >= 15 is 0 Å². The van der Waals surface area contributed by atoms with E-state index in [-0.39, 0.29) is 26.9 Å². The Hall–Kier alpha value is -2.00. The van der Waals surface area contributed by atoms with E-state index in [9.17, 15) is 22.0 Å². The average molecular weight is 373 g/mol. The van der Waals surface area contributed by atoms with Gasteiger partial charge in [-0.3, -0.25) is 4.31 Å². The van der Waals surface area contributed by atoms with Gasteiger partial charge >= 0.3 is 5.97 Å². The molecule has 0 unspecified atom stereocenters. The molecule has 1 N–H and O–H groups in total. The van der Waals surface area contributed by atoms with Gasteiger partial charge < -0.3 is 5.11 Å². The second kappa shape index (κ2) is 5.82. The van der Waals surface area contributed by atoms with Gasteiger partial charge in [0.25, 0.3) is 10.0 Å². The highest BCUT2D eigenvalue weighted by molar-refractivity contribution is 7.94. The van der Waals surface area contributed by atoms with Crippen LogP contribution >= 0.6 is 11.3 Å². The van der Waals surface area contributed by atoms with Crippen LogP contribution in [-0.4, -0.2) is 26.0 Å². The summed E-state index contributed by atoms with van der Waals surface area (Å²) in [5.74, 6) is -2.85. The number of aromatic carboxylic acids is 1. The predicted octanol–water partition coefficient (Wildman–Crippen LogP) is 3.17. The van der Waals surface area contributed by atoms with E-state index in [0.717, 1.165) is 16.4 Å². The molecule has 1 aromatic heterocycles. The van der Waals surface area contributed by atoms with Gasteiger partial charge in [-0.25, -0.2) is 22.0 Å². The number of fused-ring (bicyclic) bond motifs is 1. The zero-order valence-corrected chi connectivity index (χ0v) is 14.2. The van der Waals surface area contributed by atoms with Gasteiger partial charge in [-0.15, -0.1) is 11.3 Å². The van der Waals surface area contributed by atoms with Crippen molar-refractivity contribution in [3.8, 4) is 0 Å². The van der Waals surface area contributed by atoms with Crippen LogP contribution in [0.3, 0.4) is 0 Å². The van der Waals surface area contributed by atoms with Crippen LogP contribution in [-0.2, 0) is 16.4 Å². The number of rotatable bonds is 3. The largest absolute Gasteiger partial charge is 0.477 e. The molecule has 0 radical (unpaired) electrons. The van der Waals surface area contributed by atoms with Gasteiger partial charge in [-0.2, -0.15) is 0 Å². The van der Waals surface area contributed by atoms with Crippen molar-refractivity contribution in [1.82, 2.24) is 0 Å². The Morgan fingerprint density at radius 2 is 2.00 bits per heavy atom. The Balaban J connectivity index is 2.13. The van der Waals surface area contributed by atoms with Gasteiger partial charge in [0.15, 0.2) is 0 Å². The van der Waals surface area contributed by atoms with Crippen LogP contribution in [0.4, 0.5) is 14.5 Å². The molecule has 2 aromatic rings. The number of halogens is 2. The minimum atomic E-state index is -4.09. The Bertz CT molecular complexity index is 937. The molecule has 2 heterocycles. The molecule has 0 saturated carbocycles. The molecular weight excluding hydrogens is 360 g/mol. The third-order valence-corrected chi connectivity index (χ3v) is 7.31. The van der Waals surface area contributed by atoms with Gasteiger partial charge in [0.05, 0.1) is 5.69 Å². The summed E-state index contributed by atoms with van der Waals surface area (Å²) >= 11 is 0.635. The number of nitrogens with zero attached hydrogens (tertiary/aromatic N) is 1. The van der Waals surface area contributed by atoms with E-state index in [1.165, 1.54) is 13.0 Å². The van der Waals surface area contributed by atoms with Crippen LogP contribution < -0.4 is 4.31 Å². The molecule has 0 fully saturated rings. The fraction of sp³-hybridized carbons (Fsp3) is 0.267. The molecule has 1 aliphatic rings. The van der Waals surface area contributed by atoms with E-state index < -0.39 is 27.6 Å². The van der Waals surface area contributed by atoms with Crippen molar-refractivity contribution < 1.29 is 27.1 Å². The smallest absolute Gasteiger partial charge is 0.346 e. The summed E-state index contributed by atoms with van der Waals surface area (Å²) in [5, 5.41) is 9.09. The van der Waals surface area contributed by atoms with Gasteiger partial charge in [-0.05, 0) is 37.5 Å². The zero-order valence-electron chi connectivity index (χ0n) is 12.5. The predicted molar refractivity (Wildman–Crippen MR) is 85.2 cm³/mol. The maximum absolute atomic E-state index is 13.9. The number of thiophene rings is 1. The topological polar surface area (TPSA) is 74.7 Å². The summed E-state index contributed by atoms with van der Waals surface area (Å²) in [6.45, 7) is 1.58. The van der Waals surface area contributed by atoms with Crippen LogP contribution in [0, 0.1) is 18.6 Å². The molecule has 0 bridgehead atoms. The molecule has 3 rings (SSSR count). The average Bonchev–Trinajstić information content (AvgIpc) is 2.89. The van der Waals surface area contributed by atoms with Crippen molar-refractivity contribution in [3.63, 3.8) is 0 Å². The lowest BCUT2D eigenvalue weighted by Gasteiger charge is -2.30. The minimum Gasteiger partial charge on any atom is -0.477 e. The van der Waals surface area contributed by atoms with Crippen LogP contribution in [0.5, 0.6) is 0 Å². The lowest BCUT2D eigenvalue weighted by atomic mass is 10.0. The van der Waals surface area contributed by atoms with E-state index in [4.69, 9.17) is 5.11 Å². The van der Waals surface area contributed by atoms with E-state index in [0.29, 0.717) is 29.7 Å². The SMILES string of the molecule is Cc1cc(S(=O)(=O)N2CCCc3c(F)cc(F)cc32)sc1C(=O)O. The van der Waals surface area contributed by atoms with E-state index in [1.54, 1.807) is 0 Å². The van der Waals surface area contributed by atoms with Crippen LogP contribution in [0.15, 0.2) is 22.4 Å². The molecule has 0 spiro atoms. The van der Waals surface area contributed by atoms with Crippen molar-refractivity contribution in [2.45, 2.75) is 24.0 Å². The summed E-state index contributed by atoms with van der Waals surface area (Å²) in [4.78, 5) is 11.1. The number of hydrogen-bond acceptors (Lipinski definition) is 4. The monoisotopic (exact) mass is 373 g/mol. The maximum Gasteiger partial charge on any atom is 0.346 e. The van der Waals surface area contributed by atoms with Gasteiger partial charge in [0.1, 0.15) is 20.7 Å². The summed E-state index contributed by atoms with van der Waals surface area (Å²) in [7, 11) is -4.09. The third kappa shape index (κ3) is 2.67. The zero-order chi connectivity index (χ0) is 17.6. The molecule has 0 aliphatic carbocycles. The summed E-state index contributed by atoms with van der Waals surface area (Å²) in [6, 6.07) is 2.99. The highest BCUT2D eigenvalue weighted by Crippen LogP contribution is 2.36. The lowest BCUT2D eigenvalue weighted by Crippen LogP contribution is -2.35. The third-order valence-electron chi connectivity index (χ3n) is 3.83. The minimum absolute atomic E-state index is 0.0262. The number of benzene rings is 1. The highest BCUT2D eigenvalue weighted by Gasteiger charge is 2.33. The number of sulfonamides is 1. The number of hydrogen-bond donors (Lipinski definition) is 1. The van der Waals surface area contributed by atoms with Crippen molar-refractivity contribution in [2.24, 2.45) is 0 Å². The molecule has 5 nitrogen and oxygen atoms in total. The Kier molecular flexibility index (Phi) is 4.08. The normalized spacial score (nSPS) is 14.5. The summed E-state index contributed by atoms with van der Waals surface area (Å²) in [6.07, 6.45) is 0.711. The lowest BCUT2D eigenvalue weighted by molar-refractivity contribution is 0.0701. The standard InChI is InChI=1S/C15H13F2NO4S2/c1-8-5-13(23-14(8)15(19)20)24(21,22)18-4-2-3-10-11(17)6-9(16)7-12(10)18/h5-7H,2-4H2,1H3,(H,19,20). The van der Waals surface area contributed by atoms with E-state index in [2.05, 4.69) is 0 Å². The first kappa shape index (κ1) is 16.8. The quantitative estimate of drug-likeness (QED) is 0.897. The maximum atomic E-state index is 13.9. The van der Waals surface area contributed by atoms with E-state index in [1.807, 2.05) is 0 Å². The first-order valence-electron chi connectivity index (χ1n) is 7.06. The van der Waals surface area contributed by atoms with Gasteiger partial charge in [-0.1, -0.05) is 0 Å². The molecule has 0 amide bonds. The number of aryl methyl sites for hydroxylation is 1. The molecular formula is C15H13F2NO4S2.